The third kappa shape index (κ3) is 5.58. The van der Waals surface area contributed by atoms with Crippen molar-refractivity contribution in [1.29, 1.82) is 0 Å². The highest BCUT2D eigenvalue weighted by atomic mass is 16.5. The number of esters is 1. The molecule has 0 saturated carbocycles. The van der Waals surface area contributed by atoms with Crippen LogP contribution in [0, 0.1) is 0 Å². The first kappa shape index (κ1) is 20.5. The minimum atomic E-state index is -0.668. The summed E-state index contributed by atoms with van der Waals surface area (Å²) in [5.41, 5.74) is 1.99. The van der Waals surface area contributed by atoms with Crippen LogP contribution in [0.15, 0.2) is 48.5 Å². The quantitative estimate of drug-likeness (QED) is 0.758. The van der Waals surface area contributed by atoms with E-state index in [9.17, 15) is 9.59 Å². The van der Waals surface area contributed by atoms with Crippen molar-refractivity contribution >= 4 is 17.6 Å². The van der Waals surface area contributed by atoms with E-state index in [1.54, 1.807) is 38.1 Å². The van der Waals surface area contributed by atoms with E-state index in [1.807, 2.05) is 24.3 Å². The van der Waals surface area contributed by atoms with Crippen LogP contribution in [-0.2, 0) is 14.9 Å². The molecule has 1 amide bonds. The molecular formula is C22H27NO4. The van der Waals surface area contributed by atoms with Gasteiger partial charge in [0.05, 0.1) is 12.2 Å². The largest absolute Gasteiger partial charge is 0.481 e. The zero-order chi connectivity index (χ0) is 20.0. The number of nitrogens with one attached hydrogen (secondary N) is 1. The number of anilines is 1. The van der Waals surface area contributed by atoms with Gasteiger partial charge in [0.2, 0.25) is 0 Å². The molecule has 0 aromatic heterocycles. The molecule has 2 aromatic carbocycles. The first-order valence-corrected chi connectivity index (χ1v) is 9.06. The van der Waals surface area contributed by atoms with E-state index in [1.165, 1.54) is 0 Å². The Morgan fingerprint density at radius 2 is 1.67 bits per heavy atom. The normalized spacial score (nSPS) is 12.2. The number of hydrogen-bond acceptors (Lipinski definition) is 4. The fourth-order valence-corrected chi connectivity index (χ4v) is 2.58. The number of rotatable bonds is 6. The Kier molecular flexibility index (Phi) is 6.61. The van der Waals surface area contributed by atoms with Crippen molar-refractivity contribution in [2.24, 2.45) is 0 Å². The lowest BCUT2D eigenvalue weighted by Gasteiger charge is -2.24. The van der Waals surface area contributed by atoms with Gasteiger partial charge in [-0.3, -0.25) is 4.79 Å². The van der Waals surface area contributed by atoms with Gasteiger partial charge in [-0.1, -0.05) is 39.0 Å². The topological polar surface area (TPSA) is 64.6 Å². The van der Waals surface area contributed by atoms with Crippen LogP contribution in [0.25, 0.3) is 0 Å². The summed E-state index contributed by atoms with van der Waals surface area (Å²) in [5, 5.41) is 2.80. The summed E-state index contributed by atoms with van der Waals surface area (Å²) >= 11 is 0. The van der Waals surface area contributed by atoms with Crippen molar-refractivity contribution < 1.29 is 19.1 Å². The van der Waals surface area contributed by atoms with Crippen molar-refractivity contribution in [1.82, 2.24) is 0 Å². The molecule has 2 aromatic rings. The number of amides is 1. The molecule has 0 bridgehead atoms. The Balaban J connectivity index is 2.03. The predicted molar refractivity (Wildman–Crippen MR) is 106 cm³/mol. The SMILES string of the molecule is CCOC(=O)c1ccc(NC(=O)C(C)Oc2ccccc2C(C)(C)C)cc1. The van der Waals surface area contributed by atoms with Crippen molar-refractivity contribution in [3.05, 3.63) is 59.7 Å². The van der Waals surface area contributed by atoms with E-state index >= 15 is 0 Å². The third-order valence-corrected chi connectivity index (χ3v) is 4.03. The Labute approximate surface area is 160 Å². The molecule has 27 heavy (non-hydrogen) atoms. The second-order valence-corrected chi connectivity index (χ2v) is 7.29. The molecule has 0 aliphatic carbocycles. The Morgan fingerprint density at radius 3 is 2.26 bits per heavy atom. The number of carbonyl (C=O) groups is 2. The molecule has 2 rings (SSSR count). The van der Waals surface area contributed by atoms with Crippen LogP contribution in [0.2, 0.25) is 0 Å². The first-order valence-electron chi connectivity index (χ1n) is 9.06. The smallest absolute Gasteiger partial charge is 0.338 e. The standard InChI is InChI=1S/C22H27NO4/c1-6-26-21(25)16-11-13-17(14-12-16)23-20(24)15(2)27-19-10-8-7-9-18(19)22(3,4)5/h7-15H,6H2,1-5H3,(H,23,24). The van der Waals surface area contributed by atoms with Crippen LogP contribution in [0.5, 0.6) is 5.75 Å². The summed E-state index contributed by atoms with van der Waals surface area (Å²) in [5.74, 6) is 0.0544. The molecule has 0 aliphatic rings. The molecule has 1 atom stereocenters. The van der Waals surface area contributed by atoms with Crippen molar-refractivity contribution in [3.63, 3.8) is 0 Å². The Morgan fingerprint density at radius 1 is 1.04 bits per heavy atom. The Bertz CT molecular complexity index is 791. The third-order valence-electron chi connectivity index (χ3n) is 4.03. The van der Waals surface area contributed by atoms with Crippen LogP contribution >= 0.6 is 0 Å². The van der Waals surface area contributed by atoms with Crippen LogP contribution in [0.1, 0.15) is 50.5 Å². The molecule has 5 nitrogen and oxygen atoms in total. The highest BCUT2D eigenvalue weighted by molar-refractivity contribution is 5.95. The van der Waals surface area contributed by atoms with Gasteiger partial charge in [0, 0.05) is 5.69 Å². The first-order chi connectivity index (χ1) is 12.7. The molecule has 0 fully saturated rings. The molecule has 0 heterocycles. The molecule has 0 aliphatic heterocycles. The van der Waals surface area contributed by atoms with Gasteiger partial charge in [-0.15, -0.1) is 0 Å². The lowest BCUT2D eigenvalue weighted by Crippen LogP contribution is -2.31. The lowest BCUT2D eigenvalue weighted by molar-refractivity contribution is -0.122. The van der Waals surface area contributed by atoms with Gasteiger partial charge in [-0.05, 0) is 55.2 Å². The predicted octanol–water partition coefficient (Wildman–Crippen LogP) is 4.57. The van der Waals surface area contributed by atoms with Crippen LogP contribution in [-0.4, -0.2) is 24.6 Å². The Hall–Kier alpha value is -2.82. The summed E-state index contributed by atoms with van der Waals surface area (Å²) in [6, 6.07) is 14.3. The highest BCUT2D eigenvalue weighted by Gasteiger charge is 2.22. The van der Waals surface area contributed by atoms with Crippen molar-refractivity contribution in [2.45, 2.75) is 46.1 Å². The van der Waals surface area contributed by atoms with Gasteiger partial charge in [0.1, 0.15) is 5.75 Å². The highest BCUT2D eigenvalue weighted by Crippen LogP contribution is 2.31. The van der Waals surface area contributed by atoms with E-state index < -0.39 is 6.10 Å². The zero-order valence-corrected chi connectivity index (χ0v) is 16.5. The summed E-state index contributed by atoms with van der Waals surface area (Å²) in [6.45, 7) is 10.1. The van der Waals surface area contributed by atoms with E-state index in [0.29, 0.717) is 23.6 Å². The van der Waals surface area contributed by atoms with E-state index in [0.717, 1.165) is 5.56 Å². The average molecular weight is 369 g/mol. The van der Waals surface area contributed by atoms with E-state index in [-0.39, 0.29) is 17.3 Å². The summed E-state index contributed by atoms with van der Waals surface area (Å²) in [6.07, 6.45) is -0.668. The van der Waals surface area contributed by atoms with E-state index in [2.05, 4.69) is 26.1 Å². The van der Waals surface area contributed by atoms with Crippen LogP contribution in [0.4, 0.5) is 5.69 Å². The molecule has 1 unspecified atom stereocenters. The molecule has 144 valence electrons. The van der Waals surface area contributed by atoms with Crippen LogP contribution < -0.4 is 10.1 Å². The average Bonchev–Trinajstić information content (AvgIpc) is 2.62. The van der Waals surface area contributed by atoms with Crippen molar-refractivity contribution in [3.8, 4) is 5.75 Å². The second kappa shape index (κ2) is 8.71. The molecule has 0 radical (unpaired) electrons. The molecule has 5 heteroatoms. The molecule has 1 N–H and O–H groups in total. The number of para-hydroxylation sites is 1. The minimum absolute atomic E-state index is 0.0876. The number of ether oxygens (including phenoxy) is 2. The fraction of sp³-hybridized carbons (Fsp3) is 0.364. The number of carbonyl (C=O) groups excluding carboxylic acids is 2. The minimum Gasteiger partial charge on any atom is -0.481 e. The summed E-state index contributed by atoms with van der Waals surface area (Å²) in [4.78, 5) is 24.1. The lowest BCUT2D eigenvalue weighted by atomic mass is 9.86. The maximum atomic E-state index is 12.5. The molecule has 0 spiro atoms. The molecule has 0 saturated heterocycles. The van der Waals surface area contributed by atoms with Gasteiger partial charge in [0.15, 0.2) is 6.10 Å². The van der Waals surface area contributed by atoms with Gasteiger partial charge < -0.3 is 14.8 Å². The number of benzene rings is 2. The fourth-order valence-electron chi connectivity index (χ4n) is 2.58. The maximum absolute atomic E-state index is 12.5. The van der Waals surface area contributed by atoms with Crippen molar-refractivity contribution in [2.75, 3.05) is 11.9 Å². The van der Waals surface area contributed by atoms with Crippen LogP contribution in [0.3, 0.4) is 0 Å². The second-order valence-electron chi connectivity index (χ2n) is 7.29. The zero-order valence-electron chi connectivity index (χ0n) is 16.5. The number of hydrogen-bond donors (Lipinski definition) is 1. The van der Waals surface area contributed by atoms with Gasteiger partial charge in [0.25, 0.3) is 5.91 Å². The summed E-state index contributed by atoms with van der Waals surface area (Å²) in [7, 11) is 0. The summed E-state index contributed by atoms with van der Waals surface area (Å²) < 4.78 is 10.9. The maximum Gasteiger partial charge on any atom is 0.338 e. The monoisotopic (exact) mass is 369 g/mol. The molecular weight excluding hydrogens is 342 g/mol. The van der Waals surface area contributed by atoms with Gasteiger partial charge >= 0.3 is 5.97 Å². The van der Waals surface area contributed by atoms with E-state index in [4.69, 9.17) is 9.47 Å². The van der Waals surface area contributed by atoms with Gasteiger partial charge in [-0.25, -0.2) is 4.79 Å². The van der Waals surface area contributed by atoms with Gasteiger partial charge in [-0.2, -0.15) is 0 Å².